The number of halogens is 2. The van der Waals surface area contributed by atoms with E-state index in [1.165, 1.54) is 11.0 Å². The summed E-state index contributed by atoms with van der Waals surface area (Å²) in [6, 6.07) is 16.6. The number of amides is 4. The summed E-state index contributed by atoms with van der Waals surface area (Å²) in [5.41, 5.74) is 3.28. The summed E-state index contributed by atoms with van der Waals surface area (Å²) < 4.78 is 25.4. The van der Waals surface area contributed by atoms with Gasteiger partial charge in [-0.15, -0.1) is 0 Å². The monoisotopic (exact) mass is 620 g/mol. The Labute approximate surface area is 259 Å². The van der Waals surface area contributed by atoms with E-state index in [1.54, 1.807) is 45.2 Å². The highest BCUT2D eigenvalue weighted by molar-refractivity contribution is 6.30. The van der Waals surface area contributed by atoms with Gasteiger partial charge in [-0.3, -0.25) is 4.79 Å². The Morgan fingerprint density at radius 1 is 1.05 bits per heavy atom. The lowest BCUT2D eigenvalue weighted by Crippen LogP contribution is -2.47. The van der Waals surface area contributed by atoms with Gasteiger partial charge in [-0.1, -0.05) is 41.9 Å². The van der Waals surface area contributed by atoms with Gasteiger partial charge in [-0.05, 0) is 75.1 Å². The molecule has 0 radical (unpaired) electrons. The summed E-state index contributed by atoms with van der Waals surface area (Å²) in [4.78, 5) is 40.1. The predicted octanol–water partition coefficient (Wildman–Crippen LogP) is 7.23. The van der Waals surface area contributed by atoms with Crippen LogP contribution in [0.4, 0.5) is 19.7 Å². The Hall–Kier alpha value is -4.57. The molecule has 5 rings (SSSR count). The van der Waals surface area contributed by atoms with Crippen molar-refractivity contribution >= 4 is 46.3 Å². The number of nitrogens with zero attached hydrogens (tertiary/aromatic N) is 1. The Balaban J connectivity index is 1.29. The Morgan fingerprint density at radius 2 is 1.84 bits per heavy atom. The third-order valence-corrected chi connectivity index (χ3v) is 7.47. The highest BCUT2D eigenvalue weighted by atomic mass is 35.5. The topological polar surface area (TPSA) is 113 Å². The van der Waals surface area contributed by atoms with Crippen LogP contribution >= 0.6 is 11.6 Å². The molecule has 9 nitrogen and oxygen atoms in total. The van der Waals surface area contributed by atoms with Crippen molar-refractivity contribution in [3.63, 3.8) is 0 Å². The van der Waals surface area contributed by atoms with Crippen LogP contribution in [0.1, 0.15) is 44.7 Å². The van der Waals surface area contributed by atoms with Gasteiger partial charge in [0.2, 0.25) is 5.91 Å². The lowest BCUT2D eigenvalue weighted by atomic mass is 10.0. The van der Waals surface area contributed by atoms with Gasteiger partial charge in [0, 0.05) is 41.8 Å². The number of likely N-dealkylation sites (tertiary alicyclic amines) is 1. The second-order valence-corrected chi connectivity index (χ2v) is 12.0. The molecule has 44 heavy (non-hydrogen) atoms. The molecule has 1 aromatic heterocycles. The molecule has 0 saturated carbocycles. The molecular weight excluding hydrogens is 587 g/mol. The van der Waals surface area contributed by atoms with Gasteiger partial charge in [-0.2, -0.15) is 0 Å². The fourth-order valence-electron chi connectivity index (χ4n) is 5.17. The molecule has 0 bridgehead atoms. The van der Waals surface area contributed by atoms with Gasteiger partial charge in [0.15, 0.2) is 0 Å². The zero-order chi connectivity index (χ0) is 31.4. The molecule has 1 unspecified atom stereocenters. The van der Waals surface area contributed by atoms with E-state index in [2.05, 4.69) is 16.0 Å². The van der Waals surface area contributed by atoms with Crippen molar-refractivity contribution in [2.24, 2.45) is 0 Å². The minimum absolute atomic E-state index is 0.0169. The molecule has 3 aromatic carbocycles. The Bertz CT molecular complexity index is 1700. The number of fused-ring (bicyclic) bond motifs is 1. The van der Waals surface area contributed by atoms with E-state index in [0.29, 0.717) is 30.7 Å². The van der Waals surface area contributed by atoms with Crippen molar-refractivity contribution in [1.29, 1.82) is 0 Å². The number of carbonyl (C=O) groups is 3. The fourth-order valence-corrected chi connectivity index (χ4v) is 5.36. The van der Waals surface area contributed by atoms with Crippen LogP contribution in [0.25, 0.3) is 22.1 Å². The van der Waals surface area contributed by atoms with E-state index in [-0.39, 0.29) is 29.6 Å². The number of rotatable bonds is 7. The lowest BCUT2D eigenvalue weighted by molar-refractivity contribution is -0.124. The molecular formula is C33H34ClFN4O5. The van der Waals surface area contributed by atoms with Crippen LogP contribution < -0.4 is 16.0 Å². The van der Waals surface area contributed by atoms with Crippen LogP contribution in [0.5, 0.6) is 0 Å². The van der Waals surface area contributed by atoms with Crippen LogP contribution in [0, 0.1) is 5.82 Å². The number of hydrogen-bond acceptors (Lipinski definition) is 5. The fraction of sp³-hybridized carbons (Fsp3) is 0.303. The smallest absolute Gasteiger partial charge is 0.407 e. The molecule has 0 aliphatic carbocycles. The quantitative estimate of drug-likeness (QED) is 0.202. The number of hydrogen-bond donors (Lipinski definition) is 3. The molecule has 11 heteroatoms. The molecule has 1 fully saturated rings. The Kier molecular flexibility index (Phi) is 9.10. The van der Waals surface area contributed by atoms with Gasteiger partial charge in [0.1, 0.15) is 23.0 Å². The molecule has 1 atom stereocenters. The summed E-state index contributed by atoms with van der Waals surface area (Å²) in [6.07, 6.45) is 2.23. The van der Waals surface area contributed by atoms with Crippen molar-refractivity contribution in [2.75, 3.05) is 11.9 Å². The van der Waals surface area contributed by atoms with E-state index >= 15 is 0 Å². The molecule has 4 amide bonds. The first-order chi connectivity index (χ1) is 21.0. The second-order valence-electron chi connectivity index (χ2n) is 11.6. The van der Waals surface area contributed by atoms with Gasteiger partial charge in [-0.25, -0.2) is 14.0 Å². The van der Waals surface area contributed by atoms with Gasteiger partial charge < -0.3 is 30.0 Å². The van der Waals surface area contributed by atoms with E-state index in [0.717, 1.165) is 22.1 Å². The van der Waals surface area contributed by atoms with E-state index in [9.17, 15) is 18.8 Å². The number of furan rings is 1. The van der Waals surface area contributed by atoms with Gasteiger partial charge >= 0.3 is 12.1 Å². The van der Waals surface area contributed by atoms with Crippen LogP contribution in [0.3, 0.4) is 0 Å². The number of alkyl carbamates (subject to hydrolysis) is 1. The van der Waals surface area contributed by atoms with Crippen LogP contribution in [0.15, 0.2) is 71.3 Å². The van der Waals surface area contributed by atoms with Crippen LogP contribution in [0.2, 0.25) is 5.02 Å². The summed E-state index contributed by atoms with van der Waals surface area (Å²) in [5, 5.41) is 9.22. The minimum atomic E-state index is -0.691. The summed E-state index contributed by atoms with van der Waals surface area (Å²) in [6.45, 7) is 6.04. The molecule has 1 aliphatic rings. The molecule has 1 saturated heterocycles. The highest BCUT2D eigenvalue weighted by Gasteiger charge is 2.34. The highest BCUT2D eigenvalue weighted by Crippen LogP contribution is 2.34. The van der Waals surface area contributed by atoms with Crippen molar-refractivity contribution in [1.82, 2.24) is 15.5 Å². The number of urea groups is 1. The average molecular weight is 621 g/mol. The number of nitrogens with one attached hydrogen (secondary N) is 3. The first-order valence-electron chi connectivity index (χ1n) is 14.3. The predicted molar refractivity (Wildman–Crippen MR) is 167 cm³/mol. The van der Waals surface area contributed by atoms with Gasteiger partial charge in [0.05, 0.1) is 11.3 Å². The largest absolute Gasteiger partial charge is 0.464 e. The molecule has 0 spiro atoms. The molecule has 4 aromatic rings. The van der Waals surface area contributed by atoms with Crippen molar-refractivity contribution in [3.8, 4) is 11.1 Å². The minimum Gasteiger partial charge on any atom is -0.464 e. The maximum absolute atomic E-state index is 14.3. The maximum Gasteiger partial charge on any atom is 0.407 e. The molecule has 2 heterocycles. The third-order valence-electron chi connectivity index (χ3n) is 7.18. The van der Waals surface area contributed by atoms with Crippen molar-refractivity contribution in [2.45, 2.75) is 58.3 Å². The van der Waals surface area contributed by atoms with Crippen LogP contribution in [-0.4, -0.2) is 41.1 Å². The number of carbonyl (C=O) groups excluding carboxylic acids is 3. The number of ether oxygens (including phenoxy) is 1. The first-order valence-corrected chi connectivity index (χ1v) is 14.7. The van der Waals surface area contributed by atoms with E-state index < -0.39 is 29.6 Å². The zero-order valence-corrected chi connectivity index (χ0v) is 25.5. The normalized spacial score (nSPS) is 14.8. The zero-order valence-electron chi connectivity index (χ0n) is 24.7. The average Bonchev–Trinajstić information content (AvgIpc) is 3.66. The van der Waals surface area contributed by atoms with Crippen molar-refractivity contribution < 1.29 is 27.9 Å². The standard InChI is InChI=1S/C33H34ClFN4O5/c1-33(2,3)44-32(42)37-18-20-7-4-8-21(15-20)25-17-24(16-22-12-14-43-29(22)25)38-31(41)39-13-6-11-27(39)30(40)36-19-23-9-5-10-26(34)28(23)35/h4-5,7-10,12,14-17,27H,6,11,13,18-19H2,1-3H3,(H,36,40)(H,37,42)(H,38,41). The maximum atomic E-state index is 14.3. The molecule has 230 valence electrons. The molecule has 1 aliphatic heterocycles. The summed E-state index contributed by atoms with van der Waals surface area (Å²) in [5.74, 6) is -0.939. The summed E-state index contributed by atoms with van der Waals surface area (Å²) >= 11 is 5.86. The van der Waals surface area contributed by atoms with Crippen molar-refractivity contribution in [3.05, 3.63) is 88.9 Å². The number of anilines is 1. The SMILES string of the molecule is CC(C)(C)OC(=O)NCc1cccc(-c2cc(NC(=O)N3CCCC3C(=O)NCc3cccc(Cl)c3F)cc3ccoc23)c1. The third kappa shape index (κ3) is 7.31. The van der Waals surface area contributed by atoms with E-state index in [4.69, 9.17) is 20.8 Å². The summed E-state index contributed by atoms with van der Waals surface area (Å²) in [7, 11) is 0. The molecule has 3 N–H and O–H groups in total. The van der Waals surface area contributed by atoms with Gasteiger partial charge in [0.25, 0.3) is 0 Å². The van der Waals surface area contributed by atoms with Crippen LogP contribution in [-0.2, 0) is 22.6 Å². The lowest BCUT2D eigenvalue weighted by Gasteiger charge is -2.24. The Morgan fingerprint density at radius 3 is 2.64 bits per heavy atom. The first kappa shape index (κ1) is 30.9. The number of benzene rings is 3. The second kappa shape index (κ2) is 13.0. The van der Waals surface area contributed by atoms with E-state index in [1.807, 2.05) is 36.4 Å².